The molecule has 3 rings (SSSR count). The number of hydrogen-bond acceptors (Lipinski definition) is 9. The SMILES string of the molecule is CCOC(=O)[C@@H](Cc1cccc(OC[C@@H]2CO2)c1)OC(C)C.CCOC(=O)[C@H](Cc1cccc(O)c1)OC(C)C. The fourth-order valence-corrected chi connectivity index (χ4v) is 3.73. The van der Waals surface area contributed by atoms with Gasteiger partial charge in [0.2, 0.25) is 0 Å². The second-order valence-electron chi connectivity index (χ2n) is 9.84. The minimum atomic E-state index is -0.633. The zero-order valence-electron chi connectivity index (χ0n) is 24.5. The van der Waals surface area contributed by atoms with Gasteiger partial charge >= 0.3 is 11.9 Å². The summed E-state index contributed by atoms with van der Waals surface area (Å²) >= 11 is 0. The molecule has 0 saturated carbocycles. The van der Waals surface area contributed by atoms with Crippen molar-refractivity contribution in [1.82, 2.24) is 0 Å². The van der Waals surface area contributed by atoms with Crippen LogP contribution in [-0.2, 0) is 46.1 Å². The van der Waals surface area contributed by atoms with E-state index >= 15 is 0 Å². The molecule has 0 radical (unpaired) electrons. The molecule has 0 aliphatic carbocycles. The molecule has 1 N–H and O–H groups in total. The van der Waals surface area contributed by atoms with Crippen molar-refractivity contribution in [3.8, 4) is 11.5 Å². The van der Waals surface area contributed by atoms with Gasteiger partial charge in [0.15, 0.2) is 12.2 Å². The number of rotatable bonds is 15. The molecule has 9 nitrogen and oxygen atoms in total. The standard InChI is InChI=1S/C17H24O5.C14H20O4/c1-4-19-17(18)16(22-12(2)3)9-13-6-5-7-14(8-13)20-10-15-11-21-15;1-4-17-14(16)13(18-10(2)3)9-11-6-5-7-12(15)8-11/h5-8,12,15-16H,4,9-11H2,1-3H3;5-8,10,13,15H,4,9H2,1-3H3/t15-,16-;13-/m10/s1. The number of carbonyl (C=O) groups is 2. The first-order valence-electron chi connectivity index (χ1n) is 13.9. The van der Waals surface area contributed by atoms with Gasteiger partial charge in [-0.3, -0.25) is 0 Å². The van der Waals surface area contributed by atoms with Crippen LogP contribution in [-0.4, -0.2) is 74.0 Å². The van der Waals surface area contributed by atoms with Gasteiger partial charge in [0, 0.05) is 12.8 Å². The Morgan fingerprint density at radius 2 is 1.35 bits per heavy atom. The van der Waals surface area contributed by atoms with Crippen molar-refractivity contribution in [2.45, 2.75) is 84.9 Å². The Bertz CT molecular complexity index is 1030. The van der Waals surface area contributed by atoms with Gasteiger partial charge in [0.1, 0.15) is 24.2 Å². The quantitative estimate of drug-likeness (QED) is 0.246. The van der Waals surface area contributed by atoms with Crippen molar-refractivity contribution in [2.75, 3.05) is 26.4 Å². The first-order chi connectivity index (χ1) is 19.1. The van der Waals surface area contributed by atoms with Crippen LogP contribution in [0.2, 0.25) is 0 Å². The van der Waals surface area contributed by atoms with Gasteiger partial charge < -0.3 is 33.5 Å². The minimum Gasteiger partial charge on any atom is -0.508 e. The van der Waals surface area contributed by atoms with Crippen molar-refractivity contribution >= 4 is 11.9 Å². The van der Waals surface area contributed by atoms with Crippen molar-refractivity contribution in [3.63, 3.8) is 0 Å². The number of epoxide rings is 1. The van der Waals surface area contributed by atoms with Gasteiger partial charge in [-0.1, -0.05) is 24.3 Å². The largest absolute Gasteiger partial charge is 0.508 e. The third-order valence-electron chi connectivity index (χ3n) is 5.46. The zero-order chi connectivity index (χ0) is 29.5. The molecule has 9 heteroatoms. The van der Waals surface area contributed by atoms with E-state index in [4.69, 9.17) is 28.4 Å². The maximum absolute atomic E-state index is 12.0. The van der Waals surface area contributed by atoms with E-state index in [0.29, 0.717) is 32.7 Å². The van der Waals surface area contributed by atoms with Crippen LogP contribution in [0, 0.1) is 0 Å². The molecule has 2 aromatic carbocycles. The molecule has 222 valence electrons. The highest BCUT2D eigenvalue weighted by Gasteiger charge is 2.25. The van der Waals surface area contributed by atoms with E-state index in [1.165, 1.54) is 0 Å². The van der Waals surface area contributed by atoms with Gasteiger partial charge in [0.25, 0.3) is 0 Å². The molecule has 0 bridgehead atoms. The lowest BCUT2D eigenvalue weighted by molar-refractivity contribution is -0.160. The summed E-state index contributed by atoms with van der Waals surface area (Å²) in [7, 11) is 0. The Labute approximate surface area is 237 Å². The third kappa shape index (κ3) is 13.3. The Kier molecular flexibility index (Phi) is 14.5. The number of esters is 2. The normalized spacial score (nSPS) is 15.6. The molecule has 1 fully saturated rings. The Morgan fingerprint density at radius 1 is 0.850 bits per heavy atom. The fourth-order valence-electron chi connectivity index (χ4n) is 3.73. The molecule has 1 heterocycles. The molecule has 0 amide bonds. The molecule has 1 saturated heterocycles. The van der Waals surface area contributed by atoms with Gasteiger partial charge in [0.05, 0.1) is 32.0 Å². The maximum Gasteiger partial charge on any atom is 0.335 e. The third-order valence-corrected chi connectivity index (χ3v) is 5.46. The zero-order valence-corrected chi connectivity index (χ0v) is 24.5. The molecule has 2 aromatic rings. The summed E-state index contributed by atoms with van der Waals surface area (Å²) in [4.78, 5) is 23.8. The minimum absolute atomic E-state index is 0.0409. The van der Waals surface area contributed by atoms with Crippen LogP contribution in [0.15, 0.2) is 48.5 Å². The summed E-state index contributed by atoms with van der Waals surface area (Å²) in [5.74, 6) is 0.267. The lowest BCUT2D eigenvalue weighted by Gasteiger charge is -2.19. The number of phenolic OH excluding ortho intramolecular Hbond substituents is 1. The van der Waals surface area contributed by atoms with Crippen LogP contribution in [0.3, 0.4) is 0 Å². The topological polar surface area (TPSA) is 113 Å². The lowest BCUT2D eigenvalue weighted by atomic mass is 10.1. The Hall–Kier alpha value is -3.14. The summed E-state index contributed by atoms with van der Waals surface area (Å²) in [6.45, 7) is 13.1. The lowest BCUT2D eigenvalue weighted by Crippen LogP contribution is -2.31. The van der Waals surface area contributed by atoms with E-state index in [-0.39, 0.29) is 36.0 Å². The van der Waals surface area contributed by atoms with Gasteiger partial charge in [-0.15, -0.1) is 0 Å². The number of phenols is 1. The van der Waals surface area contributed by atoms with E-state index in [1.54, 1.807) is 32.0 Å². The monoisotopic (exact) mass is 560 g/mol. The van der Waals surface area contributed by atoms with E-state index in [9.17, 15) is 14.7 Å². The molecular formula is C31H44O9. The van der Waals surface area contributed by atoms with Crippen LogP contribution in [0.1, 0.15) is 52.7 Å². The number of carbonyl (C=O) groups excluding carboxylic acids is 2. The van der Waals surface area contributed by atoms with Gasteiger partial charge in [-0.25, -0.2) is 9.59 Å². The first kappa shape index (κ1) is 33.1. The van der Waals surface area contributed by atoms with E-state index in [1.807, 2.05) is 58.0 Å². The van der Waals surface area contributed by atoms with Crippen LogP contribution >= 0.6 is 0 Å². The predicted molar refractivity (Wildman–Crippen MR) is 150 cm³/mol. The fraction of sp³-hybridized carbons (Fsp3) is 0.548. The second kappa shape index (κ2) is 17.5. The predicted octanol–water partition coefficient (Wildman–Crippen LogP) is 4.65. The summed E-state index contributed by atoms with van der Waals surface area (Å²) in [6.07, 6.45) is -0.244. The van der Waals surface area contributed by atoms with Crippen molar-refractivity contribution in [1.29, 1.82) is 0 Å². The van der Waals surface area contributed by atoms with E-state index in [2.05, 4.69) is 0 Å². The highest BCUT2D eigenvalue weighted by Crippen LogP contribution is 2.19. The molecular weight excluding hydrogens is 516 g/mol. The molecule has 1 aliphatic rings. The maximum atomic E-state index is 12.0. The molecule has 0 unspecified atom stereocenters. The van der Waals surface area contributed by atoms with Crippen molar-refractivity contribution < 1.29 is 43.1 Å². The summed E-state index contributed by atoms with van der Waals surface area (Å²) in [5, 5.41) is 9.39. The van der Waals surface area contributed by atoms with Gasteiger partial charge in [-0.2, -0.15) is 0 Å². The highest BCUT2D eigenvalue weighted by molar-refractivity contribution is 5.75. The van der Waals surface area contributed by atoms with Crippen LogP contribution < -0.4 is 4.74 Å². The second-order valence-corrected chi connectivity index (χ2v) is 9.84. The van der Waals surface area contributed by atoms with Crippen LogP contribution in [0.25, 0.3) is 0 Å². The smallest absolute Gasteiger partial charge is 0.335 e. The van der Waals surface area contributed by atoms with Crippen LogP contribution in [0.4, 0.5) is 0 Å². The summed E-state index contributed by atoms with van der Waals surface area (Å²) < 4.78 is 32.1. The number of aromatic hydroxyl groups is 1. The van der Waals surface area contributed by atoms with Gasteiger partial charge in [-0.05, 0) is 76.9 Å². The summed E-state index contributed by atoms with van der Waals surface area (Å²) in [6, 6.07) is 14.5. The molecule has 1 aliphatic heterocycles. The Balaban J connectivity index is 0.000000286. The molecule has 3 atom stereocenters. The number of ether oxygens (including phenoxy) is 6. The average Bonchev–Trinajstić information content (AvgIpc) is 3.72. The Morgan fingerprint density at radius 3 is 1.80 bits per heavy atom. The van der Waals surface area contributed by atoms with Crippen molar-refractivity contribution in [2.24, 2.45) is 0 Å². The van der Waals surface area contributed by atoms with Crippen molar-refractivity contribution in [3.05, 3.63) is 59.7 Å². The first-order valence-corrected chi connectivity index (χ1v) is 13.9. The van der Waals surface area contributed by atoms with E-state index < -0.39 is 12.2 Å². The average molecular weight is 561 g/mol. The molecule has 0 aromatic heterocycles. The molecule has 40 heavy (non-hydrogen) atoms. The number of benzene rings is 2. The summed E-state index contributed by atoms with van der Waals surface area (Å²) in [5.41, 5.74) is 1.82. The van der Waals surface area contributed by atoms with Crippen LogP contribution in [0.5, 0.6) is 11.5 Å². The molecule has 0 spiro atoms. The van der Waals surface area contributed by atoms with E-state index in [0.717, 1.165) is 23.5 Å². The highest BCUT2D eigenvalue weighted by atomic mass is 16.6. The number of hydrogen-bond donors (Lipinski definition) is 1.